The van der Waals surface area contributed by atoms with Crippen LogP contribution in [0.1, 0.15) is 32.3 Å². The molecule has 3 fully saturated rings. The second kappa shape index (κ2) is 6.27. The second-order valence-corrected chi connectivity index (χ2v) is 11.3. The van der Waals surface area contributed by atoms with Gasteiger partial charge in [-0.3, -0.25) is 4.79 Å². The highest BCUT2D eigenvalue weighted by molar-refractivity contribution is 9.24. The van der Waals surface area contributed by atoms with Crippen molar-refractivity contribution in [3.8, 4) is 5.75 Å². The van der Waals surface area contributed by atoms with Gasteiger partial charge in [-0.2, -0.15) is 0 Å². The quantitative estimate of drug-likeness (QED) is 0.552. The lowest BCUT2D eigenvalue weighted by Gasteiger charge is -2.66. The first kappa shape index (κ1) is 18.7. The summed E-state index contributed by atoms with van der Waals surface area (Å²) in [5.41, 5.74) is 0.714. The predicted octanol–water partition coefficient (Wildman–Crippen LogP) is 5.00. The molecule has 0 heterocycles. The van der Waals surface area contributed by atoms with Gasteiger partial charge in [-0.05, 0) is 36.0 Å². The summed E-state index contributed by atoms with van der Waals surface area (Å²) in [7, 11) is 1.65. The van der Waals surface area contributed by atoms with Crippen molar-refractivity contribution >= 4 is 53.7 Å². The van der Waals surface area contributed by atoms with Crippen LogP contribution in [0.4, 0.5) is 0 Å². The van der Waals surface area contributed by atoms with E-state index in [-0.39, 0.29) is 30.7 Å². The number of amides is 1. The Morgan fingerprint density at radius 1 is 1.29 bits per heavy atom. The van der Waals surface area contributed by atoms with Crippen molar-refractivity contribution in [1.29, 1.82) is 0 Å². The fraction of sp³-hybridized carbons (Fsp3) is 0.611. The number of halogens is 3. The molecule has 1 aromatic rings. The molecule has 1 amide bonds. The van der Waals surface area contributed by atoms with Crippen molar-refractivity contribution < 1.29 is 9.53 Å². The first-order valence-corrected chi connectivity index (χ1v) is 10.8. The van der Waals surface area contributed by atoms with Crippen LogP contribution in [0.2, 0.25) is 0 Å². The van der Waals surface area contributed by atoms with Gasteiger partial charge in [-0.25, -0.2) is 0 Å². The number of hydrogen-bond acceptors (Lipinski definition) is 2. The molecular weight excluding hydrogens is 502 g/mol. The SMILES string of the molecule is COc1ccc(CNC(=O)[C@]23CC[C@@](C(Br)Br)([C@H]2Br)C3(C)C)cc1. The molecule has 0 spiro atoms. The van der Waals surface area contributed by atoms with Gasteiger partial charge >= 0.3 is 0 Å². The second-order valence-electron chi connectivity index (χ2n) is 7.33. The molecule has 3 aliphatic carbocycles. The summed E-state index contributed by atoms with van der Waals surface area (Å²) < 4.78 is 5.37. The smallest absolute Gasteiger partial charge is 0.228 e. The van der Waals surface area contributed by atoms with Gasteiger partial charge in [0.1, 0.15) is 5.75 Å². The van der Waals surface area contributed by atoms with E-state index >= 15 is 0 Å². The zero-order valence-electron chi connectivity index (χ0n) is 14.0. The van der Waals surface area contributed by atoms with Gasteiger partial charge in [0.05, 0.1) is 16.3 Å². The average Bonchev–Trinajstić information content (AvgIpc) is 3.03. The van der Waals surface area contributed by atoms with Crippen LogP contribution in [0.15, 0.2) is 24.3 Å². The first-order chi connectivity index (χ1) is 11.2. The number of carbonyl (C=O) groups is 1. The highest BCUT2D eigenvalue weighted by Gasteiger charge is 2.83. The molecule has 4 rings (SSSR count). The minimum absolute atomic E-state index is 0.0600. The van der Waals surface area contributed by atoms with Gasteiger partial charge in [-0.1, -0.05) is 73.8 Å². The molecule has 0 saturated heterocycles. The van der Waals surface area contributed by atoms with Crippen molar-refractivity contribution in [3.05, 3.63) is 29.8 Å². The number of hydrogen-bond donors (Lipinski definition) is 1. The molecule has 2 bridgehead atoms. The largest absolute Gasteiger partial charge is 0.497 e. The van der Waals surface area contributed by atoms with Gasteiger partial charge in [0.25, 0.3) is 0 Å². The summed E-state index contributed by atoms with van der Waals surface area (Å²) in [6, 6.07) is 7.81. The molecule has 0 radical (unpaired) electrons. The van der Waals surface area contributed by atoms with Crippen LogP contribution in [0.25, 0.3) is 0 Å². The van der Waals surface area contributed by atoms with Crippen molar-refractivity contribution in [3.63, 3.8) is 0 Å². The summed E-state index contributed by atoms with van der Waals surface area (Å²) in [5.74, 6) is 0.976. The lowest BCUT2D eigenvalue weighted by atomic mass is 9.43. The van der Waals surface area contributed by atoms with Gasteiger partial charge in [0.15, 0.2) is 0 Å². The average molecular weight is 524 g/mol. The standard InChI is InChI=1S/C18H22Br3NO2/c1-16(2)17(14(20)21)8-9-18(16,13(17)19)15(23)22-10-11-4-6-12(24-3)7-5-11/h4-7,13-14H,8-10H2,1-3H3,(H,22,23)/t13-,17+,18+/m1/s1. The molecule has 3 nitrogen and oxygen atoms in total. The van der Waals surface area contributed by atoms with Crippen molar-refractivity contribution in [1.82, 2.24) is 5.32 Å². The maximum absolute atomic E-state index is 13.1. The Balaban J connectivity index is 1.74. The summed E-state index contributed by atoms with van der Waals surface area (Å²) >= 11 is 11.3. The number of nitrogens with one attached hydrogen (secondary N) is 1. The summed E-state index contributed by atoms with van der Waals surface area (Å²) in [6.07, 6.45) is 1.95. The highest BCUT2D eigenvalue weighted by Crippen LogP contribution is 2.82. The zero-order valence-corrected chi connectivity index (χ0v) is 18.8. The third kappa shape index (κ3) is 2.21. The van der Waals surface area contributed by atoms with Gasteiger partial charge in [0, 0.05) is 16.8 Å². The van der Waals surface area contributed by atoms with Crippen LogP contribution in [-0.2, 0) is 11.3 Å². The number of ether oxygens (including phenoxy) is 1. The maximum Gasteiger partial charge on any atom is 0.228 e. The molecular formula is C18H22Br3NO2. The van der Waals surface area contributed by atoms with Gasteiger partial charge < -0.3 is 10.1 Å². The molecule has 1 N–H and O–H groups in total. The summed E-state index contributed by atoms with van der Waals surface area (Å²) in [6.45, 7) is 4.99. The first-order valence-electron chi connectivity index (χ1n) is 8.07. The van der Waals surface area contributed by atoms with Crippen molar-refractivity contribution in [2.24, 2.45) is 16.2 Å². The molecule has 0 unspecified atom stereocenters. The van der Waals surface area contributed by atoms with Gasteiger partial charge in [0.2, 0.25) is 5.91 Å². The summed E-state index contributed by atoms with van der Waals surface area (Å²) in [4.78, 5) is 13.3. The van der Waals surface area contributed by atoms with Crippen LogP contribution in [-0.4, -0.2) is 21.6 Å². The van der Waals surface area contributed by atoms with E-state index in [0.717, 1.165) is 24.2 Å². The number of benzene rings is 1. The van der Waals surface area contributed by atoms with E-state index in [0.29, 0.717) is 6.54 Å². The molecule has 1 aromatic carbocycles. The van der Waals surface area contributed by atoms with Crippen LogP contribution in [0.5, 0.6) is 5.75 Å². The van der Waals surface area contributed by atoms with E-state index in [2.05, 4.69) is 67.0 Å². The Hall–Kier alpha value is -0.0700. The number of rotatable bonds is 5. The van der Waals surface area contributed by atoms with Crippen molar-refractivity contribution in [2.75, 3.05) is 7.11 Å². The molecule has 24 heavy (non-hydrogen) atoms. The van der Waals surface area contributed by atoms with Crippen LogP contribution in [0, 0.1) is 16.2 Å². The van der Waals surface area contributed by atoms with E-state index in [4.69, 9.17) is 4.74 Å². The number of carbonyl (C=O) groups excluding carboxylic acids is 1. The van der Waals surface area contributed by atoms with E-state index < -0.39 is 0 Å². The van der Waals surface area contributed by atoms with E-state index in [1.54, 1.807) is 7.11 Å². The minimum atomic E-state index is -0.348. The molecule has 132 valence electrons. The Bertz CT molecular complexity index is 646. The van der Waals surface area contributed by atoms with E-state index in [1.165, 1.54) is 0 Å². The number of alkyl halides is 3. The van der Waals surface area contributed by atoms with Gasteiger partial charge in [-0.15, -0.1) is 0 Å². The van der Waals surface area contributed by atoms with Crippen LogP contribution < -0.4 is 10.1 Å². The van der Waals surface area contributed by atoms with E-state index in [9.17, 15) is 4.79 Å². The molecule has 0 aliphatic heterocycles. The third-order valence-corrected chi connectivity index (χ3v) is 9.74. The molecule has 3 aliphatic rings. The lowest BCUT2D eigenvalue weighted by Crippen LogP contribution is -2.72. The predicted molar refractivity (Wildman–Crippen MR) is 107 cm³/mol. The lowest BCUT2D eigenvalue weighted by molar-refractivity contribution is -0.161. The molecule has 3 atom stereocenters. The Labute approximate surface area is 168 Å². The number of methoxy groups -OCH3 is 1. The molecule has 0 aromatic heterocycles. The van der Waals surface area contributed by atoms with Crippen LogP contribution in [0.3, 0.4) is 0 Å². The monoisotopic (exact) mass is 521 g/mol. The normalized spacial score (nSPS) is 33.2. The zero-order chi connectivity index (χ0) is 17.8. The fourth-order valence-corrected chi connectivity index (χ4v) is 9.70. The fourth-order valence-electron chi connectivity index (χ4n) is 4.78. The molecule has 3 saturated carbocycles. The Morgan fingerprint density at radius 3 is 2.38 bits per heavy atom. The number of fused-ring (bicyclic) bond motifs is 1. The molecule has 6 heteroatoms. The Morgan fingerprint density at radius 2 is 1.92 bits per heavy atom. The maximum atomic E-state index is 13.1. The van der Waals surface area contributed by atoms with Crippen LogP contribution >= 0.6 is 47.8 Å². The minimum Gasteiger partial charge on any atom is -0.497 e. The summed E-state index contributed by atoms with van der Waals surface area (Å²) in [5, 5.41) is 3.16. The van der Waals surface area contributed by atoms with E-state index in [1.807, 2.05) is 24.3 Å². The van der Waals surface area contributed by atoms with Crippen molar-refractivity contribution in [2.45, 2.75) is 41.8 Å². The third-order valence-electron chi connectivity index (χ3n) is 6.50. The highest BCUT2D eigenvalue weighted by atomic mass is 79.9. The topological polar surface area (TPSA) is 38.3 Å². The Kier molecular flexibility index (Phi) is 4.89.